The van der Waals surface area contributed by atoms with Gasteiger partial charge in [0, 0.05) is 18.7 Å². The molecular formula is C12H15NO6. The predicted octanol–water partition coefficient (Wildman–Crippen LogP) is 0.0961. The molecule has 7 heteroatoms. The van der Waals surface area contributed by atoms with E-state index in [0.717, 1.165) is 0 Å². The van der Waals surface area contributed by atoms with Crippen molar-refractivity contribution in [1.29, 1.82) is 0 Å². The number of hydrogen-bond donors (Lipinski definition) is 5. The van der Waals surface area contributed by atoms with E-state index in [-0.39, 0.29) is 12.3 Å². The second-order valence-corrected chi connectivity index (χ2v) is 3.36. The summed E-state index contributed by atoms with van der Waals surface area (Å²) in [7, 11) is 0. The van der Waals surface area contributed by atoms with Gasteiger partial charge in [-0.25, -0.2) is 9.59 Å². The van der Waals surface area contributed by atoms with Crippen LogP contribution in [0.1, 0.15) is 11.7 Å². The average Bonchev–Trinajstić information content (AvgIpc) is 2.36. The first-order chi connectivity index (χ1) is 8.86. The van der Waals surface area contributed by atoms with Gasteiger partial charge in [-0.05, 0) is 17.7 Å². The third-order valence-corrected chi connectivity index (χ3v) is 1.85. The van der Waals surface area contributed by atoms with E-state index >= 15 is 0 Å². The Morgan fingerprint density at radius 2 is 1.74 bits per heavy atom. The summed E-state index contributed by atoms with van der Waals surface area (Å²) in [6.45, 7) is 0.170. The monoisotopic (exact) mass is 269 g/mol. The number of benzene rings is 1. The number of phenols is 1. The first-order valence-corrected chi connectivity index (χ1v) is 5.17. The van der Waals surface area contributed by atoms with Crippen molar-refractivity contribution in [2.45, 2.75) is 6.10 Å². The Kier molecular flexibility index (Phi) is 7.59. The molecule has 1 rings (SSSR count). The molecule has 0 radical (unpaired) electrons. The summed E-state index contributed by atoms with van der Waals surface area (Å²) in [5.41, 5.74) is 5.87. The first-order valence-electron chi connectivity index (χ1n) is 5.17. The van der Waals surface area contributed by atoms with Crippen LogP contribution in [0.2, 0.25) is 0 Å². The number of aliphatic hydroxyl groups excluding tert-OH is 1. The minimum atomic E-state index is -1.26. The van der Waals surface area contributed by atoms with E-state index in [1.165, 1.54) is 6.07 Å². The van der Waals surface area contributed by atoms with Crippen LogP contribution in [0.15, 0.2) is 36.4 Å². The fourth-order valence-corrected chi connectivity index (χ4v) is 1.01. The summed E-state index contributed by atoms with van der Waals surface area (Å²) in [6.07, 6.45) is 0.437. The molecular weight excluding hydrogens is 254 g/mol. The minimum absolute atomic E-state index is 0.148. The lowest BCUT2D eigenvalue weighted by atomic mass is 10.1. The van der Waals surface area contributed by atoms with Crippen molar-refractivity contribution in [1.82, 2.24) is 0 Å². The highest BCUT2D eigenvalue weighted by molar-refractivity contribution is 5.89. The number of carboxylic acids is 2. The van der Waals surface area contributed by atoms with Crippen molar-refractivity contribution in [3.05, 3.63) is 42.0 Å². The van der Waals surface area contributed by atoms with Gasteiger partial charge in [0.15, 0.2) is 0 Å². The Balaban J connectivity index is 0.000000362. The molecule has 0 amide bonds. The lowest BCUT2D eigenvalue weighted by Crippen LogP contribution is -2.11. The number of phenolic OH excluding ortho intramolecular Hbond substituents is 1. The van der Waals surface area contributed by atoms with Gasteiger partial charge >= 0.3 is 11.9 Å². The molecule has 0 fully saturated rings. The highest BCUT2D eigenvalue weighted by Crippen LogP contribution is 2.16. The van der Waals surface area contributed by atoms with E-state index in [0.29, 0.717) is 17.7 Å². The number of aliphatic hydroxyl groups is 1. The Morgan fingerprint density at radius 3 is 2.11 bits per heavy atom. The fourth-order valence-electron chi connectivity index (χ4n) is 1.01. The van der Waals surface area contributed by atoms with Gasteiger partial charge < -0.3 is 26.2 Å². The van der Waals surface area contributed by atoms with Crippen molar-refractivity contribution < 1.29 is 30.0 Å². The van der Waals surface area contributed by atoms with E-state index in [1.807, 2.05) is 0 Å². The van der Waals surface area contributed by atoms with Gasteiger partial charge in [-0.3, -0.25) is 0 Å². The SMILES string of the molecule is NCC(O)c1cccc(O)c1.O=C(O)/C=C/C(=O)O. The second kappa shape index (κ2) is 8.67. The number of nitrogens with two attached hydrogens (primary N) is 1. The van der Waals surface area contributed by atoms with Crippen molar-refractivity contribution in [2.24, 2.45) is 5.73 Å². The normalized spacial score (nSPS) is 11.5. The van der Waals surface area contributed by atoms with Gasteiger partial charge in [0.1, 0.15) is 5.75 Å². The van der Waals surface area contributed by atoms with Gasteiger partial charge in [0.2, 0.25) is 0 Å². The molecule has 0 spiro atoms. The molecule has 0 saturated heterocycles. The molecule has 1 aromatic carbocycles. The number of aliphatic carboxylic acids is 2. The number of aromatic hydroxyl groups is 1. The van der Waals surface area contributed by atoms with Crippen LogP contribution in [0.3, 0.4) is 0 Å². The third kappa shape index (κ3) is 8.36. The van der Waals surface area contributed by atoms with E-state index in [4.69, 9.17) is 21.1 Å². The highest BCUT2D eigenvalue weighted by Gasteiger charge is 2.03. The summed E-state index contributed by atoms with van der Waals surface area (Å²) in [5, 5.41) is 33.8. The first kappa shape index (κ1) is 16.6. The summed E-state index contributed by atoms with van der Waals surface area (Å²) in [6, 6.07) is 6.44. The summed E-state index contributed by atoms with van der Waals surface area (Å²) < 4.78 is 0. The quantitative estimate of drug-likeness (QED) is 0.488. The number of rotatable bonds is 4. The van der Waals surface area contributed by atoms with Crippen LogP contribution < -0.4 is 5.73 Å². The fraction of sp³-hybridized carbons (Fsp3) is 0.167. The summed E-state index contributed by atoms with van der Waals surface area (Å²) in [4.78, 5) is 19.1. The van der Waals surface area contributed by atoms with Crippen LogP contribution in [-0.2, 0) is 9.59 Å². The van der Waals surface area contributed by atoms with Crippen molar-refractivity contribution >= 4 is 11.9 Å². The number of hydrogen-bond acceptors (Lipinski definition) is 5. The Bertz CT molecular complexity index is 441. The smallest absolute Gasteiger partial charge is 0.328 e. The van der Waals surface area contributed by atoms with Crippen molar-refractivity contribution in [3.8, 4) is 5.75 Å². The van der Waals surface area contributed by atoms with E-state index < -0.39 is 18.0 Å². The van der Waals surface area contributed by atoms with Gasteiger partial charge in [-0.15, -0.1) is 0 Å². The Labute approximate surface area is 109 Å². The molecule has 0 aliphatic rings. The Hall–Kier alpha value is -2.38. The molecule has 6 N–H and O–H groups in total. The molecule has 0 bridgehead atoms. The van der Waals surface area contributed by atoms with Crippen LogP contribution in [-0.4, -0.2) is 38.9 Å². The Morgan fingerprint density at radius 1 is 1.21 bits per heavy atom. The van der Waals surface area contributed by atoms with E-state index in [9.17, 15) is 14.7 Å². The van der Waals surface area contributed by atoms with Crippen LogP contribution in [0.5, 0.6) is 5.75 Å². The maximum absolute atomic E-state index is 9.55. The number of carboxylic acid groups (broad SMARTS) is 2. The van der Waals surface area contributed by atoms with Crippen molar-refractivity contribution in [2.75, 3.05) is 6.54 Å². The van der Waals surface area contributed by atoms with E-state index in [2.05, 4.69) is 0 Å². The van der Waals surface area contributed by atoms with Gasteiger partial charge in [-0.1, -0.05) is 12.1 Å². The molecule has 1 aromatic rings. The van der Waals surface area contributed by atoms with Crippen molar-refractivity contribution in [3.63, 3.8) is 0 Å². The van der Waals surface area contributed by atoms with Gasteiger partial charge in [0.25, 0.3) is 0 Å². The number of carbonyl (C=O) groups is 2. The molecule has 0 aliphatic heterocycles. The maximum atomic E-state index is 9.55. The third-order valence-electron chi connectivity index (χ3n) is 1.85. The van der Waals surface area contributed by atoms with Crippen LogP contribution in [0.25, 0.3) is 0 Å². The zero-order valence-corrected chi connectivity index (χ0v) is 9.93. The van der Waals surface area contributed by atoms with Gasteiger partial charge in [-0.2, -0.15) is 0 Å². The molecule has 0 aromatic heterocycles. The molecule has 1 unspecified atom stereocenters. The second-order valence-electron chi connectivity index (χ2n) is 3.36. The minimum Gasteiger partial charge on any atom is -0.508 e. The molecule has 7 nitrogen and oxygen atoms in total. The van der Waals surface area contributed by atoms with Crippen LogP contribution >= 0.6 is 0 Å². The summed E-state index contributed by atoms with van der Waals surface area (Å²) in [5.74, 6) is -2.37. The lowest BCUT2D eigenvalue weighted by Gasteiger charge is -2.06. The predicted molar refractivity (Wildman–Crippen MR) is 66.5 cm³/mol. The molecule has 0 heterocycles. The van der Waals surface area contributed by atoms with Crippen LogP contribution in [0, 0.1) is 0 Å². The standard InChI is InChI=1S/C8H11NO2.C4H4O4/c9-5-8(11)6-2-1-3-7(10)4-6;5-3(6)1-2-4(7)8/h1-4,8,10-11H,5,9H2;1-2H,(H,5,6)(H,7,8)/b;2-1+. The molecule has 104 valence electrons. The maximum Gasteiger partial charge on any atom is 0.328 e. The van der Waals surface area contributed by atoms with Crippen LogP contribution in [0.4, 0.5) is 0 Å². The molecule has 1 atom stereocenters. The average molecular weight is 269 g/mol. The lowest BCUT2D eigenvalue weighted by molar-refractivity contribution is -0.134. The molecule has 0 aliphatic carbocycles. The van der Waals surface area contributed by atoms with Gasteiger partial charge in [0.05, 0.1) is 6.10 Å². The van der Waals surface area contributed by atoms with E-state index in [1.54, 1.807) is 18.2 Å². The largest absolute Gasteiger partial charge is 0.508 e. The summed E-state index contributed by atoms with van der Waals surface area (Å²) >= 11 is 0. The molecule has 19 heavy (non-hydrogen) atoms. The topological polar surface area (TPSA) is 141 Å². The molecule has 0 saturated carbocycles. The highest BCUT2D eigenvalue weighted by atomic mass is 16.4. The zero-order chi connectivity index (χ0) is 14.8. The zero-order valence-electron chi connectivity index (χ0n) is 9.93.